The molecule has 0 radical (unpaired) electrons. The molecule has 2 N–H and O–H groups in total. The molecular weight excluding hydrogens is 266 g/mol. The van der Waals surface area contributed by atoms with Crippen LogP contribution < -0.4 is 5.32 Å². The number of amides is 1. The molecule has 4 nitrogen and oxygen atoms in total. The second-order valence-corrected chi connectivity index (χ2v) is 6.66. The van der Waals surface area contributed by atoms with Gasteiger partial charge in [-0.15, -0.1) is 0 Å². The van der Waals surface area contributed by atoms with E-state index in [1.54, 1.807) is 0 Å². The zero-order chi connectivity index (χ0) is 15.1. The largest absolute Gasteiger partial charge is 0.481 e. The fraction of sp³-hybridized carbons (Fsp3) is 0.765. The van der Waals surface area contributed by atoms with Gasteiger partial charge in [0.25, 0.3) is 0 Å². The van der Waals surface area contributed by atoms with Crippen molar-refractivity contribution in [3.63, 3.8) is 0 Å². The van der Waals surface area contributed by atoms with Gasteiger partial charge in [0.15, 0.2) is 0 Å². The minimum atomic E-state index is -0.780. The first-order chi connectivity index (χ1) is 10.1. The van der Waals surface area contributed by atoms with Gasteiger partial charge in [0, 0.05) is 13.0 Å². The molecular formula is C17H27NO3. The topological polar surface area (TPSA) is 66.4 Å². The van der Waals surface area contributed by atoms with Crippen LogP contribution in [0.2, 0.25) is 0 Å². The summed E-state index contributed by atoms with van der Waals surface area (Å²) in [5.41, 5.74) is 1.17. The molecule has 118 valence electrons. The Hall–Kier alpha value is -1.32. The van der Waals surface area contributed by atoms with Crippen LogP contribution >= 0.6 is 0 Å². The summed E-state index contributed by atoms with van der Waals surface area (Å²) < 4.78 is 0. The summed E-state index contributed by atoms with van der Waals surface area (Å²) in [6.45, 7) is 0.688. The highest BCUT2D eigenvalue weighted by molar-refractivity contribution is 5.78. The third-order valence-corrected chi connectivity index (χ3v) is 4.88. The van der Waals surface area contributed by atoms with Crippen molar-refractivity contribution in [3.8, 4) is 0 Å². The van der Waals surface area contributed by atoms with E-state index in [1.165, 1.54) is 31.3 Å². The van der Waals surface area contributed by atoms with Crippen LogP contribution in [0.5, 0.6) is 0 Å². The lowest BCUT2D eigenvalue weighted by molar-refractivity contribution is -0.140. The fourth-order valence-corrected chi connectivity index (χ4v) is 3.76. The molecule has 0 unspecified atom stereocenters. The third kappa shape index (κ3) is 5.18. The van der Waals surface area contributed by atoms with Crippen molar-refractivity contribution in [2.75, 3.05) is 6.54 Å². The van der Waals surface area contributed by atoms with Gasteiger partial charge in [-0.1, -0.05) is 24.5 Å². The Morgan fingerprint density at radius 1 is 1.14 bits per heavy atom. The molecule has 0 aliphatic heterocycles. The lowest BCUT2D eigenvalue weighted by Gasteiger charge is -2.26. The monoisotopic (exact) mass is 293 g/mol. The molecule has 0 aromatic carbocycles. The van der Waals surface area contributed by atoms with Gasteiger partial charge in [0.05, 0.1) is 6.42 Å². The zero-order valence-corrected chi connectivity index (χ0v) is 12.8. The molecule has 2 aliphatic carbocycles. The van der Waals surface area contributed by atoms with Crippen LogP contribution in [0.15, 0.2) is 11.6 Å². The van der Waals surface area contributed by atoms with Crippen molar-refractivity contribution in [3.05, 3.63) is 11.6 Å². The number of carbonyl (C=O) groups excluding carboxylic acids is 1. The van der Waals surface area contributed by atoms with Gasteiger partial charge in [-0.25, -0.2) is 0 Å². The molecule has 2 rings (SSSR count). The van der Waals surface area contributed by atoms with E-state index in [-0.39, 0.29) is 17.7 Å². The second-order valence-electron chi connectivity index (χ2n) is 6.66. The summed E-state index contributed by atoms with van der Waals surface area (Å²) in [6.07, 6.45) is 12.5. The number of carbonyl (C=O) groups is 2. The number of rotatable bonds is 7. The summed E-state index contributed by atoms with van der Waals surface area (Å²) in [7, 11) is 0. The van der Waals surface area contributed by atoms with E-state index < -0.39 is 5.97 Å². The van der Waals surface area contributed by atoms with Gasteiger partial charge >= 0.3 is 5.97 Å². The first-order valence-corrected chi connectivity index (χ1v) is 8.26. The summed E-state index contributed by atoms with van der Waals surface area (Å²) in [6, 6.07) is 0. The van der Waals surface area contributed by atoms with Crippen molar-refractivity contribution in [2.45, 2.75) is 70.6 Å². The van der Waals surface area contributed by atoms with E-state index >= 15 is 0 Å². The smallest absolute Gasteiger partial charge is 0.303 e. The third-order valence-electron chi connectivity index (χ3n) is 4.88. The predicted octanol–water partition coefficient (Wildman–Crippen LogP) is 3.42. The minimum absolute atomic E-state index is 0.0227. The van der Waals surface area contributed by atoms with E-state index in [1.807, 2.05) is 0 Å². The van der Waals surface area contributed by atoms with Crippen molar-refractivity contribution in [1.82, 2.24) is 5.32 Å². The Morgan fingerprint density at radius 2 is 1.90 bits per heavy atom. The average Bonchev–Trinajstić information content (AvgIpc) is 2.87. The summed E-state index contributed by atoms with van der Waals surface area (Å²) >= 11 is 0. The SMILES string of the molecule is O=C(O)CC1(CC(=O)NCCC2=CCCCC2)CCCC1. The van der Waals surface area contributed by atoms with Gasteiger partial charge in [-0.05, 0) is 50.4 Å². The highest BCUT2D eigenvalue weighted by Crippen LogP contribution is 2.43. The fourth-order valence-electron chi connectivity index (χ4n) is 3.76. The molecule has 1 saturated carbocycles. The number of allylic oxidation sites excluding steroid dienone is 1. The van der Waals surface area contributed by atoms with E-state index in [0.717, 1.165) is 32.1 Å². The van der Waals surface area contributed by atoms with E-state index in [2.05, 4.69) is 11.4 Å². The summed E-state index contributed by atoms with van der Waals surface area (Å²) in [5, 5.41) is 12.0. The molecule has 0 saturated heterocycles. The zero-order valence-electron chi connectivity index (χ0n) is 12.8. The van der Waals surface area contributed by atoms with Crippen molar-refractivity contribution < 1.29 is 14.7 Å². The van der Waals surface area contributed by atoms with Crippen molar-refractivity contribution in [1.29, 1.82) is 0 Å². The molecule has 0 heterocycles. The first-order valence-electron chi connectivity index (χ1n) is 8.26. The number of carboxylic acids is 1. The summed E-state index contributed by atoms with van der Waals surface area (Å²) in [5.74, 6) is -0.758. The number of hydrogen-bond donors (Lipinski definition) is 2. The van der Waals surface area contributed by atoms with Gasteiger partial charge in [-0.3, -0.25) is 9.59 Å². The van der Waals surface area contributed by atoms with Crippen LogP contribution in [0.1, 0.15) is 70.6 Å². The van der Waals surface area contributed by atoms with Crippen molar-refractivity contribution in [2.24, 2.45) is 5.41 Å². The Kier molecular flexibility index (Phi) is 5.83. The molecule has 4 heteroatoms. The second kappa shape index (κ2) is 7.62. The molecule has 21 heavy (non-hydrogen) atoms. The maximum atomic E-state index is 12.1. The first kappa shape index (κ1) is 16.1. The Bertz CT molecular complexity index is 408. The Morgan fingerprint density at radius 3 is 2.52 bits per heavy atom. The standard InChI is InChI=1S/C17H27NO3/c19-15(18-11-8-14-6-2-1-3-7-14)12-17(13-16(20)21)9-4-5-10-17/h6H,1-5,7-13H2,(H,18,19)(H,20,21). The van der Waals surface area contributed by atoms with Gasteiger partial charge < -0.3 is 10.4 Å². The number of nitrogens with one attached hydrogen (secondary N) is 1. The molecule has 0 aromatic rings. The predicted molar refractivity (Wildman–Crippen MR) is 81.9 cm³/mol. The van der Waals surface area contributed by atoms with Crippen LogP contribution in [0.4, 0.5) is 0 Å². The van der Waals surface area contributed by atoms with E-state index in [4.69, 9.17) is 5.11 Å². The minimum Gasteiger partial charge on any atom is -0.481 e. The molecule has 0 aromatic heterocycles. The molecule has 2 aliphatic rings. The van der Waals surface area contributed by atoms with Crippen LogP contribution in [0.3, 0.4) is 0 Å². The Labute approximate surface area is 127 Å². The van der Waals surface area contributed by atoms with Crippen LogP contribution in [-0.2, 0) is 9.59 Å². The lowest BCUT2D eigenvalue weighted by Crippen LogP contribution is -2.32. The molecule has 0 atom stereocenters. The van der Waals surface area contributed by atoms with Crippen molar-refractivity contribution >= 4 is 11.9 Å². The number of carboxylic acid groups (broad SMARTS) is 1. The highest BCUT2D eigenvalue weighted by atomic mass is 16.4. The van der Waals surface area contributed by atoms with Gasteiger partial charge in [0.2, 0.25) is 5.91 Å². The molecule has 0 bridgehead atoms. The highest BCUT2D eigenvalue weighted by Gasteiger charge is 2.37. The normalized spacial score (nSPS) is 20.9. The molecule has 1 amide bonds. The summed E-state index contributed by atoms with van der Waals surface area (Å²) in [4.78, 5) is 23.1. The van der Waals surface area contributed by atoms with Gasteiger partial charge in [-0.2, -0.15) is 0 Å². The molecule has 0 spiro atoms. The maximum absolute atomic E-state index is 12.1. The van der Waals surface area contributed by atoms with Gasteiger partial charge in [0.1, 0.15) is 0 Å². The van der Waals surface area contributed by atoms with Crippen LogP contribution in [-0.4, -0.2) is 23.5 Å². The lowest BCUT2D eigenvalue weighted by atomic mass is 9.79. The van der Waals surface area contributed by atoms with E-state index in [9.17, 15) is 9.59 Å². The Balaban J connectivity index is 1.74. The quantitative estimate of drug-likeness (QED) is 0.707. The average molecular weight is 293 g/mol. The van der Waals surface area contributed by atoms with Crippen LogP contribution in [0, 0.1) is 5.41 Å². The number of hydrogen-bond acceptors (Lipinski definition) is 2. The van der Waals surface area contributed by atoms with Crippen LogP contribution in [0.25, 0.3) is 0 Å². The van der Waals surface area contributed by atoms with E-state index in [0.29, 0.717) is 13.0 Å². The maximum Gasteiger partial charge on any atom is 0.303 e. The molecule has 1 fully saturated rings. The number of aliphatic carboxylic acids is 1.